The van der Waals surface area contributed by atoms with Crippen LogP contribution in [0.15, 0.2) is 47.4 Å². The van der Waals surface area contributed by atoms with E-state index >= 15 is 0 Å². The Morgan fingerprint density at radius 1 is 1.16 bits per heavy atom. The Hall–Kier alpha value is -1.10. The van der Waals surface area contributed by atoms with Crippen molar-refractivity contribution in [2.75, 3.05) is 5.88 Å². The molecule has 2 aromatic carbocycles. The Labute approximate surface area is 118 Å². The molecule has 0 amide bonds. The normalized spacial score (nSPS) is 13.6. The molecule has 0 heterocycles. The smallest absolute Gasteiger partial charge is 0.208 e. The maximum Gasteiger partial charge on any atom is 0.241 e. The number of alkyl halides is 1. The summed E-state index contributed by atoms with van der Waals surface area (Å²) in [6, 6.07) is 12.5. The van der Waals surface area contributed by atoms with Gasteiger partial charge in [0.25, 0.3) is 0 Å². The lowest BCUT2D eigenvalue weighted by Crippen LogP contribution is -2.32. The molecule has 0 aromatic heterocycles. The summed E-state index contributed by atoms with van der Waals surface area (Å²) in [5.41, 5.74) is 0. The van der Waals surface area contributed by atoms with Crippen LogP contribution in [0, 0.1) is 0 Å². The number of hydrogen-bond acceptors (Lipinski definition) is 2. The first kappa shape index (κ1) is 14.3. The van der Waals surface area contributed by atoms with Gasteiger partial charge in [0, 0.05) is 17.3 Å². The first-order chi connectivity index (χ1) is 9.04. The van der Waals surface area contributed by atoms with Gasteiger partial charge in [0.2, 0.25) is 10.0 Å². The second kappa shape index (κ2) is 5.90. The number of hydrogen-bond donors (Lipinski definition) is 1. The average molecular weight is 298 g/mol. The molecule has 1 N–H and O–H groups in total. The summed E-state index contributed by atoms with van der Waals surface area (Å²) in [4.78, 5) is 0.312. The number of nitrogens with one attached hydrogen (secondary N) is 1. The van der Waals surface area contributed by atoms with Crippen molar-refractivity contribution in [3.8, 4) is 0 Å². The van der Waals surface area contributed by atoms with Crippen LogP contribution in [0.1, 0.15) is 13.3 Å². The van der Waals surface area contributed by atoms with Gasteiger partial charge in [0.1, 0.15) is 0 Å². The van der Waals surface area contributed by atoms with Gasteiger partial charge in [-0.25, -0.2) is 13.1 Å². The molecule has 0 aliphatic heterocycles. The molecule has 0 aliphatic rings. The molecule has 5 heteroatoms. The van der Waals surface area contributed by atoms with E-state index < -0.39 is 10.0 Å². The monoisotopic (exact) mass is 297 g/mol. The zero-order chi connectivity index (χ0) is 13.9. The minimum absolute atomic E-state index is 0.179. The van der Waals surface area contributed by atoms with Crippen LogP contribution in [-0.4, -0.2) is 20.3 Å². The molecular weight excluding hydrogens is 282 g/mol. The van der Waals surface area contributed by atoms with Crippen molar-refractivity contribution < 1.29 is 8.42 Å². The van der Waals surface area contributed by atoms with E-state index in [0.29, 0.717) is 17.2 Å². The van der Waals surface area contributed by atoms with Gasteiger partial charge in [-0.1, -0.05) is 36.4 Å². The summed E-state index contributed by atoms with van der Waals surface area (Å²) in [5.74, 6) is 0.430. The van der Waals surface area contributed by atoms with Gasteiger partial charge < -0.3 is 0 Å². The summed E-state index contributed by atoms with van der Waals surface area (Å²) >= 11 is 5.63. The fraction of sp³-hybridized carbons (Fsp3) is 0.286. The van der Waals surface area contributed by atoms with Gasteiger partial charge >= 0.3 is 0 Å². The predicted octanol–water partition coefficient (Wildman–Crippen LogP) is 3.14. The molecule has 1 atom stereocenters. The van der Waals surface area contributed by atoms with E-state index in [-0.39, 0.29) is 6.04 Å². The molecule has 0 saturated carbocycles. The summed E-state index contributed by atoms with van der Waals surface area (Å²) in [7, 11) is -3.52. The minimum Gasteiger partial charge on any atom is -0.208 e. The van der Waals surface area contributed by atoms with Crippen molar-refractivity contribution in [3.05, 3.63) is 42.5 Å². The van der Waals surface area contributed by atoms with E-state index in [9.17, 15) is 8.42 Å². The van der Waals surface area contributed by atoms with Crippen molar-refractivity contribution in [2.45, 2.75) is 24.3 Å². The number of rotatable bonds is 5. The van der Waals surface area contributed by atoms with Crippen molar-refractivity contribution in [1.29, 1.82) is 0 Å². The highest BCUT2D eigenvalue weighted by Crippen LogP contribution is 2.22. The molecule has 2 rings (SSSR count). The van der Waals surface area contributed by atoms with E-state index in [2.05, 4.69) is 4.72 Å². The van der Waals surface area contributed by atoms with Crippen LogP contribution in [0.4, 0.5) is 0 Å². The molecule has 2 aromatic rings. The van der Waals surface area contributed by atoms with Crippen LogP contribution in [0.5, 0.6) is 0 Å². The lowest BCUT2D eigenvalue weighted by Gasteiger charge is -2.14. The van der Waals surface area contributed by atoms with Crippen LogP contribution < -0.4 is 4.72 Å². The maximum absolute atomic E-state index is 12.4. The number of benzene rings is 2. The molecule has 0 bridgehead atoms. The van der Waals surface area contributed by atoms with Crippen LogP contribution in [0.25, 0.3) is 10.8 Å². The van der Waals surface area contributed by atoms with Crippen LogP contribution in [0.2, 0.25) is 0 Å². The first-order valence-corrected chi connectivity index (χ1v) is 8.12. The fourth-order valence-electron chi connectivity index (χ4n) is 1.98. The van der Waals surface area contributed by atoms with Crippen LogP contribution in [0.3, 0.4) is 0 Å². The minimum atomic E-state index is -3.52. The molecule has 19 heavy (non-hydrogen) atoms. The largest absolute Gasteiger partial charge is 0.241 e. The summed E-state index contributed by atoms with van der Waals surface area (Å²) in [6.07, 6.45) is 0.603. The molecule has 0 radical (unpaired) electrons. The van der Waals surface area contributed by atoms with Gasteiger partial charge in [0.15, 0.2) is 0 Å². The number of fused-ring (bicyclic) bond motifs is 1. The molecule has 102 valence electrons. The highest BCUT2D eigenvalue weighted by molar-refractivity contribution is 7.89. The summed E-state index contributed by atoms with van der Waals surface area (Å²) in [5, 5.41) is 1.64. The molecule has 0 fully saturated rings. The second-order valence-electron chi connectivity index (χ2n) is 4.48. The van der Waals surface area contributed by atoms with Gasteiger partial charge in [0.05, 0.1) is 4.90 Å². The van der Waals surface area contributed by atoms with Crippen molar-refractivity contribution in [2.24, 2.45) is 0 Å². The summed E-state index contributed by atoms with van der Waals surface area (Å²) < 4.78 is 27.4. The Kier molecular flexibility index (Phi) is 4.45. The molecule has 0 spiro atoms. The molecule has 3 nitrogen and oxygen atoms in total. The second-order valence-corrected chi connectivity index (χ2v) is 6.54. The van der Waals surface area contributed by atoms with E-state index in [0.717, 1.165) is 10.8 Å². The topological polar surface area (TPSA) is 46.2 Å². The third-order valence-electron chi connectivity index (χ3n) is 2.94. The lowest BCUT2D eigenvalue weighted by atomic mass is 10.1. The zero-order valence-corrected chi connectivity index (χ0v) is 12.2. The maximum atomic E-state index is 12.4. The van der Waals surface area contributed by atoms with Gasteiger partial charge in [-0.05, 0) is 24.8 Å². The fourth-order valence-corrected chi connectivity index (χ4v) is 3.82. The van der Waals surface area contributed by atoms with E-state index in [4.69, 9.17) is 11.6 Å². The third-order valence-corrected chi connectivity index (χ3v) is 4.80. The predicted molar refractivity (Wildman–Crippen MR) is 79.1 cm³/mol. The van der Waals surface area contributed by atoms with E-state index in [1.165, 1.54) is 0 Å². The SMILES string of the molecule is CC(CCCl)NS(=O)(=O)c1cccc2ccccc12. The molecule has 0 aliphatic carbocycles. The number of sulfonamides is 1. The Morgan fingerprint density at radius 3 is 2.58 bits per heavy atom. The Bertz CT molecular complexity index is 665. The van der Waals surface area contributed by atoms with Crippen molar-refractivity contribution in [3.63, 3.8) is 0 Å². The van der Waals surface area contributed by atoms with Crippen LogP contribution >= 0.6 is 11.6 Å². The highest BCUT2D eigenvalue weighted by Gasteiger charge is 2.19. The molecule has 1 unspecified atom stereocenters. The average Bonchev–Trinajstić information content (AvgIpc) is 2.37. The van der Waals surface area contributed by atoms with E-state index in [1.807, 2.05) is 37.3 Å². The molecule has 0 saturated heterocycles. The third kappa shape index (κ3) is 3.26. The van der Waals surface area contributed by atoms with Crippen LogP contribution in [-0.2, 0) is 10.0 Å². The Balaban J connectivity index is 2.43. The lowest BCUT2D eigenvalue weighted by molar-refractivity contribution is 0.557. The first-order valence-electron chi connectivity index (χ1n) is 6.10. The van der Waals surface area contributed by atoms with Crippen molar-refractivity contribution in [1.82, 2.24) is 4.72 Å². The van der Waals surface area contributed by atoms with Gasteiger partial charge in [-0.2, -0.15) is 0 Å². The standard InChI is InChI=1S/C14H16ClNO2S/c1-11(9-10-15)16-19(17,18)14-8-4-6-12-5-2-3-7-13(12)14/h2-8,11,16H,9-10H2,1H3. The molecular formula is C14H16ClNO2S. The van der Waals surface area contributed by atoms with Gasteiger partial charge in [-0.3, -0.25) is 0 Å². The Morgan fingerprint density at radius 2 is 1.84 bits per heavy atom. The van der Waals surface area contributed by atoms with E-state index in [1.54, 1.807) is 12.1 Å². The van der Waals surface area contributed by atoms with Gasteiger partial charge in [-0.15, -0.1) is 11.6 Å². The number of halogens is 1. The highest BCUT2D eigenvalue weighted by atomic mass is 35.5. The summed E-state index contributed by atoms with van der Waals surface area (Å²) in [6.45, 7) is 1.81. The quantitative estimate of drug-likeness (QED) is 0.862. The van der Waals surface area contributed by atoms with Crippen molar-refractivity contribution >= 4 is 32.4 Å². The zero-order valence-electron chi connectivity index (χ0n) is 10.6.